The lowest BCUT2D eigenvalue weighted by Crippen LogP contribution is -1.96. The average Bonchev–Trinajstić information content (AvgIpc) is 2.09. The minimum absolute atomic E-state index is 0.0221. The van der Waals surface area contributed by atoms with E-state index in [9.17, 15) is 8.42 Å². The van der Waals surface area contributed by atoms with Gasteiger partial charge in [-0.2, -0.15) is 0 Å². The first-order chi connectivity index (χ1) is 6.68. The van der Waals surface area contributed by atoms with Crippen LogP contribution in [0.2, 0.25) is 0 Å². The summed E-state index contributed by atoms with van der Waals surface area (Å²) in [6.45, 7) is 0. The molecule has 0 atom stereocenters. The second kappa shape index (κ2) is 5.24. The highest BCUT2D eigenvalue weighted by Gasteiger charge is 2.25. The smallest absolute Gasteiger partial charge is 0.207 e. The van der Waals surface area contributed by atoms with E-state index in [-0.39, 0.29) is 4.90 Å². The SMILES string of the molecule is O=S(=O)(Cl)c1c(Br)c(Br)c(Br)c(Br)c1Br. The van der Waals surface area contributed by atoms with Crippen LogP contribution >= 0.6 is 90.3 Å². The second-order valence-corrected chi connectivity index (χ2v) is 8.80. The van der Waals surface area contributed by atoms with Crippen molar-refractivity contribution in [2.24, 2.45) is 0 Å². The number of benzene rings is 1. The number of halogens is 6. The van der Waals surface area contributed by atoms with E-state index in [2.05, 4.69) is 79.6 Å². The van der Waals surface area contributed by atoms with Gasteiger partial charge in [0.15, 0.2) is 0 Å². The first-order valence-corrected chi connectivity index (χ1v) is 9.41. The Bertz CT molecular complexity index is 498. The zero-order valence-electron chi connectivity index (χ0n) is 6.49. The molecule has 0 unspecified atom stereocenters. The van der Waals surface area contributed by atoms with Crippen molar-refractivity contribution in [3.8, 4) is 0 Å². The summed E-state index contributed by atoms with van der Waals surface area (Å²) in [5, 5.41) is 0. The Labute approximate surface area is 133 Å². The maximum Gasteiger partial charge on any atom is 0.263 e. The van der Waals surface area contributed by atoms with Crippen molar-refractivity contribution in [3.05, 3.63) is 22.4 Å². The van der Waals surface area contributed by atoms with Gasteiger partial charge in [0.1, 0.15) is 4.90 Å². The summed E-state index contributed by atoms with van der Waals surface area (Å²) in [5.74, 6) is 0. The monoisotopic (exact) mass is 566 g/mol. The van der Waals surface area contributed by atoms with Gasteiger partial charge in [-0.15, -0.1) is 0 Å². The minimum atomic E-state index is -3.83. The molecule has 15 heavy (non-hydrogen) atoms. The molecule has 0 saturated heterocycles. The molecule has 0 spiro atoms. The third kappa shape index (κ3) is 3.00. The van der Waals surface area contributed by atoms with Crippen LogP contribution in [-0.2, 0) is 9.05 Å². The molecule has 84 valence electrons. The molecule has 1 aromatic carbocycles. The molecule has 0 bridgehead atoms. The first kappa shape index (κ1) is 14.9. The second-order valence-electron chi connectivity index (χ2n) is 2.34. The molecule has 0 amide bonds. The van der Waals surface area contributed by atoms with Crippen LogP contribution in [0.4, 0.5) is 0 Å². The molecular weight excluding hydrogens is 571 g/mol. The fourth-order valence-corrected chi connectivity index (χ4v) is 7.04. The van der Waals surface area contributed by atoms with Crippen LogP contribution in [-0.4, -0.2) is 8.42 Å². The summed E-state index contributed by atoms with van der Waals surface area (Å²) in [5.41, 5.74) is 0. The average molecular weight is 571 g/mol. The molecule has 0 N–H and O–H groups in total. The predicted molar refractivity (Wildman–Crippen MR) is 78.0 cm³/mol. The molecule has 0 aliphatic rings. The van der Waals surface area contributed by atoms with Gasteiger partial charge in [0, 0.05) is 24.1 Å². The van der Waals surface area contributed by atoms with Crippen molar-refractivity contribution < 1.29 is 8.42 Å². The normalized spacial score (nSPS) is 11.9. The molecule has 0 fully saturated rings. The summed E-state index contributed by atoms with van der Waals surface area (Å²) in [4.78, 5) is -0.0221. The zero-order chi connectivity index (χ0) is 12.0. The lowest BCUT2D eigenvalue weighted by molar-refractivity contribution is 0.608. The molecule has 1 rings (SSSR count). The van der Waals surface area contributed by atoms with Crippen LogP contribution < -0.4 is 0 Å². The molecule has 2 nitrogen and oxygen atoms in total. The van der Waals surface area contributed by atoms with Gasteiger partial charge in [-0.3, -0.25) is 0 Å². The van der Waals surface area contributed by atoms with E-state index in [1.807, 2.05) is 0 Å². The Morgan fingerprint density at radius 1 is 0.733 bits per heavy atom. The summed E-state index contributed by atoms with van der Waals surface area (Å²) < 4.78 is 25.2. The van der Waals surface area contributed by atoms with Crippen LogP contribution in [0.1, 0.15) is 0 Å². The molecule has 0 aliphatic heterocycles. The van der Waals surface area contributed by atoms with E-state index in [1.54, 1.807) is 0 Å². The quantitative estimate of drug-likeness (QED) is 0.256. The summed E-state index contributed by atoms with van der Waals surface area (Å²) in [6.07, 6.45) is 0. The van der Waals surface area contributed by atoms with Gasteiger partial charge in [0.25, 0.3) is 9.05 Å². The van der Waals surface area contributed by atoms with Gasteiger partial charge in [-0.25, -0.2) is 8.42 Å². The van der Waals surface area contributed by atoms with E-state index in [1.165, 1.54) is 0 Å². The Kier molecular flexibility index (Phi) is 5.21. The fourth-order valence-electron chi connectivity index (χ4n) is 0.799. The Morgan fingerprint density at radius 3 is 1.27 bits per heavy atom. The van der Waals surface area contributed by atoms with Gasteiger partial charge in [-0.1, -0.05) is 0 Å². The van der Waals surface area contributed by atoms with E-state index in [0.29, 0.717) is 22.4 Å². The van der Waals surface area contributed by atoms with E-state index < -0.39 is 9.05 Å². The molecule has 1 aromatic rings. The van der Waals surface area contributed by atoms with Gasteiger partial charge < -0.3 is 0 Å². The van der Waals surface area contributed by atoms with Crippen molar-refractivity contribution in [1.29, 1.82) is 0 Å². The van der Waals surface area contributed by atoms with Crippen molar-refractivity contribution >= 4 is 99.4 Å². The maximum absolute atomic E-state index is 11.3. The largest absolute Gasteiger partial charge is 0.263 e. The van der Waals surface area contributed by atoms with Crippen LogP contribution in [0.15, 0.2) is 27.3 Å². The number of hydrogen-bond acceptors (Lipinski definition) is 2. The highest BCUT2D eigenvalue weighted by Crippen LogP contribution is 2.47. The highest BCUT2D eigenvalue weighted by atomic mass is 79.9. The highest BCUT2D eigenvalue weighted by molar-refractivity contribution is 9.15. The topological polar surface area (TPSA) is 34.1 Å². The van der Waals surface area contributed by atoms with Crippen molar-refractivity contribution in [2.45, 2.75) is 4.90 Å². The first-order valence-electron chi connectivity index (χ1n) is 3.14. The molecule has 0 heterocycles. The van der Waals surface area contributed by atoms with E-state index >= 15 is 0 Å². The Morgan fingerprint density at radius 2 is 1.00 bits per heavy atom. The Balaban J connectivity index is 3.84. The van der Waals surface area contributed by atoms with Gasteiger partial charge in [0.2, 0.25) is 0 Å². The summed E-state index contributed by atoms with van der Waals surface area (Å²) in [7, 11) is 1.49. The number of hydrogen-bond donors (Lipinski definition) is 0. The minimum Gasteiger partial charge on any atom is -0.207 e. The van der Waals surface area contributed by atoms with Crippen LogP contribution in [0.3, 0.4) is 0 Å². The number of rotatable bonds is 1. The van der Waals surface area contributed by atoms with Crippen LogP contribution in [0.25, 0.3) is 0 Å². The van der Waals surface area contributed by atoms with Gasteiger partial charge >= 0.3 is 0 Å². The van der Waals surface area contributed by atoms with Crippen molar-refractivity contribution in [3.63, 3.8) is 0 Å². The predicted octanol–water partition coefficient (Wildman–Crippen LogP) is 5.43. The molecule has 0 aliphatic carbocycles. The van der Waals surface area contributed by atoms with Crippen molar-refractivity contribution in [1.82, 2.24) is 0 Å². The van der Waals surface area contributed by atoms with Gasteiger partial charge in [0.05, 0.1) is 8.95 Å². The third-order valence-electron chi connectivity index (χ3n) is 1.41. The lowest BCUT2D eigenvalue weighted by Gasteiger charge is -2.10. The van der Waals surface area contributed by atoms with Crippen LogP contribution in [0.5, 0.6) is 0 Å². The van der Waals surface area contributed by atoms with E-state index in [0.717, 1.165) is 0 Å². The maximum atomic E-state index is 11.3. The summed E-state index contributed by atoms with van der Waals surface area (Å²) in [6, 6.07) is 0. The molecule has 0 radical (unpaired) electrons. The Hall–Kier alpha value is 1.86. The van der Waals surface area contributed by atoms with Crippen LogP contribution in [0, 0.1) is 0 Å². The zero-order valence-corrected chi connectivity index (χ0v) is 16.0. The molecular formula is C6Br5ClO2S. The lowest BCUT2D eigenvalue weighted by atomic mass is 10.4. The fraction of sp³-hybridized carbons (Fsp3) is 0. The summed E-state index contributed by atoms with van der Waals surface area (Å²) >= 11 is 16.1. The molecule has 0 aromatic heterocycles. The molecule has 9 heteroatoms. The van der Waals surface area contributed by atoms with Gasteiger partial charge in [-0.05, 0) is 79.6 Å². The molecule has 0 saturated carbocycles. The third-order valence-corrected chi connectivity index (χ3v) is 9.39. The van der Waals surface area contributed by atoms with Crippen molar-refractivity contribution in [2.75, 3.05) is 0 Å². The van der Waals surface area contributed by atoms with E-state index in [4.69, 9.17) is 10.7 Å². The standard InChI is InChI=1S/C6Br5ClO2S/c7-1-2(8)4(10)6(15(12,13)14)5(11)3(1)9.